The second kappa shape index (κ2) is 4.74. The van der Waals surface area contributed by atoms with Crippen LogP contribution >= 0.6 is 0 Å². The smallest absolute Gasteiger partial charge is 0.412 e. The van der Waals surface area contributed by atoms with Crippen molar-refractivity contribution in [3.8, 4) is 5.75 Å². The van der Waals surface area contributed by atoms with Gasteiger partial charge in [-0.25, -0.2) is 4.79 Å². The van der Waals surface area contributed by atoms with E-state index in [1.54, 1.807) is 32.9 Å². The lowest BCUT2D eigenvalue weighted by atomic mass is 10.1. The number of rotatable bonds is 2. The molecule has 0 radical (unpaired) electrons. The Balaban J connectivity index is 2.03. The molecular formula is C14H20N2O3. The van der Waals surface area contributed by atoms with Crippen molar-refractivity contribution in [2.75, 3.05) is 5.32 Å². The monoisotopic (exact) mass is 264 g/mol. The summed E-state index contributed by atoms with van der Waals surface area (Å²) in [5.41, 5.74) is 6.54. The molecule has 1 amide bonds. The topological polar surface area (TPSA) is 84.6 Å². The van der Waals surface area contributed by atoms with Crippen LogP contribution in [0.15, 0.2) is 18.2 Å². The van der Waals surface area contributed by atoms with E-state index in [4.69, 9.17) is 10.5 Å². The van der Waals surface area contributed by atoms with Crippen LogP contribution < -0.4 is 11.1 Å². The van der Waals surface area contributed by atoms with Gasteiger partial charge in [0.15, 0.2) is 0 Å². The first kappa shape index (κ1) is 13.7. The van der Waals surface area contributed by atoms with E-state index in [0.29, 0.717) is 11.6 Å². The molecule has 5 nitrogen and oxygen atoms in total. The number of benzene rings is 1. The zero-order chi connectivity index (χ0) is 14.2. The summed E-state index contributed by atoms with van der Waals surface area (Å²) in [5, 5.41) is 12.4. The molecule has 0 heterocycles. The number of carbonyl (C=O) groups is 1. The lowest BCUT2D eigenvalue weighted by molar-refractivity contribution is 0.0635. The van der Waals surface area contributed by atoms with E-state index < -0.39 is 11.7 Å². The third-order valence-corrected chi connectivity index (χ3v) is 2.93. The molecular weight excluding hydrogens is 244 g/mol. The highest BCUT2D eigenvalue weighted by molar-refractivity contribution is 5.87. The average Bonchev–Trinajstić information content (AvgIpc) is 2.96. The van der Waals surface area contributed by atoms with Crippen LogP contribution in [-0.2, 0) is 4.74 Å². The summed E-state index contributed by atoms with van der Waals surface area (Å²) in [6.45, 7) is 5.35. The fourth-order valence-corrected chi connectivity index (χ4v) is 1.90. The van der Waals surface area contributed by atoms with Crippen LogP contribution in [0.5, 0.6) is 5.75 Å². The predicted octanol–water partition coefficient (Wildman–Crippen LogP) is 2.55. The van der Waals surface area contributed by atoms with Gasteiger partial charge in [-0.2, -0.15) is 0 Å². The number of nitrogens with two attached hydrogens (primary N) is 1. The minimum Gasteiger partial charge on any atom is -0.506 e. The first-order valence-corrected chi connectivity index (χ1v) is 6.35. The minimum atomic E-state index is -0.585. The van der Waals surface area contributed by atoms with Crippen LogP contribution in [0, 0.1) is 0 Å². The quantitative estimate of drug-likeness (QED) is 0.717. The summed E-state index contributed by atoms with van der Waals surface area (Å²) in [6.07, 6.45) is 0.358. The van der Waals surface area contributed by atoms with Crippen molar-refractivity contribution in [2.24, 2.45) is 5.73 Å². The summed E-state index contributed by atoms with van der Waals surface area (Å²) in [7, 11) is 0. The number of amides is 1. The molecule has 0 aliphatic heterocycles. The van der Waals surface area contributed by atoms with Gasteiger partial charge in [0, 0.05) is 12.0 Å². The summed E-state index contributed by atoms with van der Waals surface area (Å²) < 4.78 is 5.12. The molecule has 1 fully saturated rings. The Bertz CT molecular complexity index is 494. The number of ether oxygens (including phenoxy) is 1. The van der Waals surface area contributed by atoms with Crippen molar-refractivity contribution in [2.45, 2.75) is 44.8 Å². The highest BCUT2D eigenvalue weighted by Crippen LogP contribution is 2.41. The summed E-state index contributed by atoms with van der Waals surface area (Å²) >= 11 is 0. The predicted molar refractivity (Wildman–Crippen MR) is 73.3 cm³/mol. The van der Waals surface area contributed by atoms with Gasteiger partial charge in [0.2, 0.25) is 0 Å². The van der Waals surface area contributed by atoms with Crippen molar-refractivity contribution in [1.29, 1.82) is 0 Å². The first-order chi connectivity index (χ1) is 8.76. The molecule has 1 saturated carbocycles. The Kier molecular flexibility index (Phi) is 3.41. The summed E-state index contributed by atoms with van der Waals surface area (Å²) in [4.78, 5) is 11.6. The zero-order valence-corrected chi connectivity index (χ0v) is 11.4. The maximum absolute atomic E-state index is 11.6. The van der Waals surface area contributed by atoms with Crippen molar-refractivity contribution >= 4 is 11.8 Å². The molecule has 2 unspecified atom stereocenters. The number of phenols is 1. The fraction of sp³-hybridized carbons (Fsp3) is 0.500. The largest absolute Gasteiger partial charge is 0.506 e. The number of aromatic hydroxyl groups is 1. The molecule has 1 aromatic carbocycles. The third-order valence-electron chi connectivity index (χ3n) is 2.93. The van der Waals surface area contributed by atoms with Crippen LogP contribution in [0.1, 0.15) is 38.7 Å². The van der Waals surface area contributed by atoms with E-state index in [1.165, 1.54) is 0 Å². The Labute approximate surface area is 112 Å². The van der Waals surface area contributed by atoms with Crippen molar-refractivity contribution in [3.63, 3.8) is 0 Å². The van der Waals surface area contributed by atoms with Crippen molar-refractivity contribution < 1.29 is 14.6 Å². The molecule has 4 N–H and O–H groups in total. The molecule has 0 bridgehead atoms. The van der Waals surface area contributed by atoms with Gasteiger partial charge in [-0.1, -0.05) is 6.07 Å². The highest BCUT2D eigenvalue weighted by atomic mass is 16.6. The van der Waals surface area contributed by atoms with Crippen LogP contribution in [0.2, 0.25) is 0 Å². The Morgan fingerprint density at radius 2 is 2.11 bits per heavy atom. The van der Waals surface area contributed by atoms with Gasteiger partial charge in [-0.3, -0.25) is 5.32 Å². The molecule has 0 aromatic heterocycles. The number of nitrogens with one attached hydrogen (secondary N) is 1. The first-order valence-electron chi connectivity index (χ1n) is 6.35. The molecule has 1 aliphatic rings. The van der Waals surface area contributed by atoms with E-state index >= 15 is 0 Å². The number of hydrogen-bond donors (Lipinski definition) is 3. The molecule has 1 aromatic rings. The molecule has 0 spiro atoms. The number of anilines is 1. The van der Waals surface area contributed by atoms with Gasteiger partial charge in [0.1, 0.15) is 11.4 Å². The Morgan fingerprint density at radius 1 is 1.47 bits per heavy atom. The summed E-state index contributed by atoms with van der Waals surface area (Å²) in [5.74, 6) is 0.351. The van der Waals surface area contributed by atoms with Crippen molar-refractivity contribution in [1.82, 2.24) is 0 Å². The van der Waals surface area contributed by atoms with Crippen molar-refractivity contribution in [3.05, 3.63) is 23.8 Å². The van der Waals surface area contributed by atoms with Gasteiger partial charge in [0.05, 0.1) is 5.69 Å². The SMILES string of the molecule is CC(C)(C)OC(=O)Nc1ccc(C2CC2N)cc1O. The van der Waals surface area contributed by atoms with Gasteiger partial charge in [-0.15, -0.1) is 0 Å². The zero-order valence-electron chi connectivity index (χ0n) is 11.4. The Morgan fingerprint density at radius 3 is 2.58 bits per heavy atom. The van der Waals surface area contributed by atoms with E-state index in [0.717, 1.165) is 12.0 Å². The van der Waals surface area contributed by atoms with Gasteiger partial charge in [0.25, 0.3) is 0 Å². The lowest BCUT2D eigenvalue weighted by Crippen LogP contribution is -2.27. The molecule has 0 saturated heterocycles. The van der Waals surface area contributed by atoms with Gasteiger partial charge >= 0.3 is 6.09 Å². The molecule has 1 aliphatic carbocycles. The standard InChI is InChI=1S/C14H20N2O3/c1-14(2,3)19-13(18)16-11-5-4-8(6-12(11)17)9-7-10(9)15/h4-6,9-10,17H,7,15H2,1-3H3,(H,16,18). The number of hydrogen-bond acceptors (Lipinski definition) is 4. The molecule has 5 heteroatoms. The van der Waals surface area contributed by atoms with E-state index in [-0.39, 0.29) is 11.8 Å². The fourth-order valence-electron chi connectivity index (χ4n) is 1.90. The van der Waals surface area contributed by atoms with Crippen LogP contribution in [0.4, 0.5) is 10.5 Å². The van der Waals surface area contributed by atoms with Crippen LogP contribution in [0.25, 0.3) is 0 Å². The second-order valence-corrected chi connectivity index (χ2v) is 5.91. The van der Waals surface area contributed by atoms with E-state index in [1.807, 2.05) is 6.07 Å². The lowest BCUT2D eigenvalue weighted by Gasteiger charge is -2.20. The average molecular weight is 264 g/mol. The molecule has 19 heavy (non-hydrogen) atoms. The Hall–Kier alpha value is -1.75. The normalized spacial score (nSPS) is 21.9. The van der Waals surface area contributed by atoms with E-state index in [9.17, 15) is 9.90 Å². The van der Waals surface area contributed by atoms with E-state index in [2.05, 4.69) is 5.32 Å². The molecule has 2 rings (SSSR count). The number of carbonyl (C=O) groups excluding carboxylic acids is 1. The molecule has 2 atom stereocenters. The summed E-state index contributed by atoms with van der Waals surface area (Å²) in [6, 6.07) is 5.36. The third kappa shape index (κ3) is 3.61. The minimum absolute atomic E-state index is 0.0301. The van der Waals surface area contributed by atoms with Gasteiger partial charge < -0.3 is 15.6 Å². The van der Waals surface area contributed by atoms with Crippen LogP contribution in [-0.4, -0.2) is 22.8 Å². The van der Waals surface area contributed by atoms with Gasteiger partial charge in [-0.05, 0) is 44.9 Å². The maximum atomic E-state index is 11.6. The van der Waals surface area contributed by atoms with Crippen LogP contribution in [0.3, 0.4) is 0 Å². The molecule has 104 valence electrons. The maximum Gasteiger partial charge on any atom is 0.412 e. The highest BCUT2D eigenvalue weighted by Gasteiger charge is 2.35. The second-order valence-electron chi connectivity index (χ2n) is 5.91. The number of phenolic OH excluding ortho intramolecular Hbond substituents is 1.